The summed E-state index contributed by atoms with van der Waals surface area (Å²) in [6, 6.07) is 7.86. The second-order valence-electron chi connectivity index (χ2n) is 6.18. The lowest BCUT2D eigenvalue weighted by atomic mass is 10.0. The van der Waals surface area contributed by atoms with E-state index in [1.165, 1.54) is 6.92 Å². The van der Waals surface area contributed by atoms with Gasteiger partial charge in [-0.15, -0.1) is 0 Å². The van der Waals surface area contributed by atoms with E-state index in [0.717, 1.165) is 33.5 Å². The molecule has 2 heterocycles. The topological polar surface area (TPSA) is 66.2 Å². The Kier molecular flexibility index (Phi) is 4.44. The van der Waals surface area contributed by atoms with Crippen LogP contribution < -0.4 is 9.47 Å². The molecule has 2 aromatic heterocycles. The first-order valence-electron chi connectivity index (χ1n) is 8.01. The van der Waals surface area contributed by atoms with Gasteiger partial charge in [-0.2, -0.15) is 10.1 Å². The van der Waals surface area contributed by atoms with E-state index in [-0.39, 0.29) is 12.4 Å². The van der Waals surface area contributed by atoms with Gasteiger partial charge in [0.15, 0.2) is 11.4 Å². The van der Waals surface area contributed by atoms with Crippen molar-refractivity contribution in [2.24, 2.45) is 7.05 Å². The predicted octanol–water partition coefficient (Wildman–Crippen LogP) is 3.23. The molecule has 0 saturated heterocycles. The summed E-state index contributed by atoms with van der Waals surface area (Å²) in [6.45, 7) is 5.51. The van der Waals surface area contributed by atoms with Crippen molar-refractivity contribution in [3.63, 3.8) is 0 Å². The van der Waals surface area contributed by atoms with E-state index in [9.17, 15) is 4.79 Å². The third-order valence-corrected chi connectivity index (χ3v) is 3.95. The van der Waals surface area contributed by atoms with E-state index in [0.29, 0.717) is 11.5 Å². The highest BCUT2D eigenvalue weighted by Gasteiger charge is 2.17. The molecule has 0 unspecified atom stereocenters. The molecule has 0 fully saturated rings. The van der Waals surface area contributed by atoms with Gasteiger partial charge in [-0.1, -0.05) is 0 Å². The fourth-order valence-corrected chi connectivity index (χ4v) is 2.85. The third kappa shape index (κ3) is 3.33. The molecule has 0 radical (unpaired) electrons. The monoisotopic (exact) mass is 339 g/mol. The van der Waals surface area contributed by atoms with Crippen molar-refractivity contribution < 1.29 is 14.3 Å². The summed E-state index contributed by atoms with van der Waals surface area (Å²) in [5, 5.41) is 5.61. The summed E-state index contributed by atoms with van der Waals surface area (Å²) >= 11 is 0. The average molecular weight is 339 g/mol. The lowest BCUT2D eigenvalue weighted by Gasteiger charge is -2.07. The maximum Gasteiger partial charge on any atom is 0.215 e. The summed E-state index contributed by atoms with van der Waals surface area (Å²) in [5.41, 5.74) is 4.63. The molecular weight excluding hydrogens is 318 g/mol. The smallest absolute Gasteiger partial charge is 0.215 e. The number of nitrogens with zero attached hydrogens (tertiary/aromatic N) is 3. The number of Topliss-reactive ketones (excluding diaryl/α,β-unsaturated/α-hetero) is 1. The summed E-state index contributed by atoms with van der Waals surface area (Å²) in [6.07, 6.45) is 0. The molecule has 0 bridgehead atoms. The largest absolute Gasteiger partial charge is 0.497 e. The molecule has 6 nitrogen and oxygen atoms in total. The number of fused-ring (bicyclic) bond motifs is 1. The van der Waals surface area contributed by atoms with Crippen LogP contribution in [0.2, 0.25) is 0 Å². The quantitative estimate of drug-likeness (QED) is 0.714. The van der Waals surface area contributed by atoms with Gasteiger partial charge in [0.25, 0.3) is 0 Å². The summed E-state index contributed by atoms with van der Waals surface area (Å²) in [7, 11) is 3.50. The third-order valence-electron chi connectivity index (χ3n) is 3.95. The molecule has 0 saturated carbocycles. The van der Waals surface area contributed by atoms with Crippen LogP contribution in [0.3, 0.4) is 0 Å². The molecule has 6 heteroatoms. The van der Waals surface area contributed by atoms with Crippen molar-refractivity contribution in [2.75, 3.05) is 13.7 Å². The minimum absolute atomic E-state index is 0.0116. The zero-order chi connectivity index (χ0) is 18.1. The first-order valence-corrected chi connectivity index (χ1v) is 8.01. The number of aromatic nitrogens is 3. The predicted molar refractivity (Wildman–Crippen MR) is 96.1 cm³/mol. The number of carbonyl (C=O) groups excluding carboxylic acids is 1. The molecule has 0 spiro atoms. The van der Waals surface area contributed by atoms with Crippen molar-refractivity contribution in [1.29, 1.82) is 0 Å². The van der Waals surface area contributed by atoms with E-state index >= 15 is 0 Å². The minimum atomic E-state index is -0.0444. The average Bonchev–Trinajstić information content (AvgIpc) is 2.90. The maximum absolute atomic E-state index is 11.1. The van der Waals surface area contributed by atoms with Crippen molar-refractivity contribution in [1.82, 2.24) is 14.8 Å². The van der Waals surface area contributed by atoms with Crippen molar-refractivity contribution >= 4 is 16.8 Å². The highest BCUT2D eigenvalue weighted by molar-refractivity contribution is 5.94. The highest BCUT2D eigenvalue weighted by atomic mass is 16.5. The van der Waals surface area contributed by atoms with Crippen LogP contribution in [0.25, 0.3) is 22.3 Å². The van der Waals surface area contributed by atoms with E-state index < -0.39 is 0 Å². The van der Waals surface area contributed by atoms with Gasteiger partial charge in [0.05, 0.1) is 12.5 Å². The normalized spacial score (nSPS) is 10.9. The molecule has 1 aromatic carbocycles. The number of carbonyl (C=O) groups is 1. The number of pyridine rings is 1. The molecule has 0 N–H and O–H groups in total. The number of hydrogen-bond acceptors (Lipinski definition) is 5. The lowest BCUT2D eigenvalue weighted by molar-refractivity contribution is -0.119. The van der Waals surface area contributed by atoms with Crippen LogP contribution in [0, 0.1) is 13.8 Å². The molecule has 0 amide bonds. The van der Waals surface area contributed by atoms with Gasteiger partial charge in [0, 0.05) is 18.7 Å². The summed E-state index contributed by atoms with van der Waals surface area (Å²) in [4.78, 5) is 15.6. The number of methoxy groups -OCH3 is 1. The zero-order valence-electron chi connectivity index (χ0n) is 15.1. The van der Waals surface area contributed by atoms with Gasteiger partial charge >= 0.3 is 0 Å². The molecule has 25 heavy (non-hydrogen) atoms. The van der Waals surface area contributed by atoms with E-state index in [1.807, 2.05) is 39.1 Å². The Morgan fingerprint density at radius 3 is 2.64 bits per heavy atom. The Morgan fingerprint density at radius 2 is 1.96 bits per heavy atom. The van der Waals surface area contributed by atoms with Crippen LogP contribution in [-0.2, 0) is 11.8 Å². The zero-order valence-corrected chi connectivity index (χ0v) is 15.1. The fraction of sp³-hybridized carbons (Fsp3) is 0.316. The van der Waals surface area contributed by atoms with Gasteiger partial charge < -0.3 is 9.47 Å². The number of rotatable bonds is 5. The number of hydrogen-bond donors (Lipinski definition) is 0. The Labute approximate surface area is 146 Å². The first kappa shape index (κ1) is 17.0. The maximum atomic E-state index is 11.1. The summed E-state index contributed by atoms with van der Waals surface area (Å²) < 4.78 is 12.6. The molecule has 0 aliphatic heterocycles. The van der Waals surface area contributed by atoms with Crippen molar-refractivity contribution in [3.8, 4) is 22.9 Å². The first-order chi connectivity index (χ1) is 11.9. The van der Waals surface area contributed by atoms with E-state index in [1.54, 1.807) is 11.8 Å². The van der Waals surface area contributed by atoms with Crippen LogP contribution in [0.15, 0.2) is 24.3 Å². The molecule has 3 rings (SSSR count). The second kappa shape index (κ2) is 6.55. The molecule has 0 aliphatic carbocycles. The van der Waals surface area contributed by atoms with Crippen molar-refractivity contribution in [2.45, 2.75) is 20.8 Å². The SMILES string of the molecule is COc1cc(C)cc(-c2nn(C)c3nc(OCC(C)=O)cc(C)c23)c1. The molecule has 3 aromatic rings. The Balaban J connectivity index is 2.15. The van der Waals surface area contributed by atoms with Gasteiger partial charge in [-0.05, 0) is 50.1 Å². The summed E-state index contributed by atoms with van der Waals surface area (Å²) in [5.74, 6) is 1.18. The standard InChI is InChI=1S/C19H21N3O3/c1-11-6-14(9-15(7-11)24-5)18-17-12(2)8-16(25-10-13(3)23)20-19(17)22(4)21-18/h6-9H,10H2,1-5H3. The Bertz CT molecular complexity index is 960. The molecule has 0 aliphatic rings. The number of aryl methyl sites for hydroxylation is 3. The Morgan fingerprint density at radius 1 is 1.20 bits per heavy atom. The molecule has 0 atom stereocenters. The van der Waals surface area contributed by atoms with Crippen LogP contribution in [-0.4, -0.2) is 34.3 Å². The van der Waals surface area contributed by atoms with Crippen LogP contribution >= 0.6 is 0 Å². The second-order valence-corrected chi connectivity index (χ2v) is 6.18. The fourth-order valence-electron chi connectivity index (χ4n) is 2.85. The van der Waals surface area contributed by atoms with Gasteiger partial charge in [-0.25, -0.2) is 4.68 Å². The van der Waals surface area contributed by atoms with Gasteiger partial charge in [0.2, 0.25) is 5.88 Å². The molecular formula is C19H21N3O3. The Hall–Kier alpha value is -2.89. The minimum Gasteiger partial charge on any atom is -0.497 e. The number of ketones is 1. The van der Waals surface area contributed by atoms with Gasteiger partial charge in [0.1, 0.15) is 18.1 Å². The number of ether oxygens (including phenoxy) is 2. The number of benzene rings is 1. The van der Waals surface area contributed by atoms with Crippen LogP contribution in [0.5, 0.6) is 11.6 Å². The van der Waals surface area contributed by atoms with Crippen molar-refractivity contribution in [3.05, 3.63) is 35.4 Å². The van der Waals surface area contributed by atoms with E-state index in [4.69, 9.17) is 9.47 Å². The molecule has 130 valence electrons. The van der Waals surface area contributed by atoms with Crippen LogP contribution in [0.1, 0.15) is 18.1 Å². The van der Waals surface area contributed by atoms with Gasteiger partial charge in [-0.3, -0.25) is 4.79 Å². The highest BCUT2D eigenvalue weighted by Crippen LogP contribution is 2.33. The van der Waals surface area contributed by atoms with Crippen LogP contribution in [0.4, 0.5) is 0 Å². The lowest BCUT2D eigenvalue weighted by Crippen LogP contribution is -2.08. The van der Waals surface area contributed by atoms with E-state index in [2.05, 4.69) is 16.1 Å².